The van der Waals surface area contributed by atoms with Gasteiger partial charge in [-0.2, -0.15) is 0 Å². The molecule has 1 aromatic heterocycles. The summed E-state index contributed by atoms with van der Waals surface area (Å²) in [7, 11) is 0. The molecule has 0 aromatic carbocycles. The van der Waals surface area contributed by atoms with Crippen molar-refractivity contribution in [1.29, 1.82) is 0 Å². The summed E-state index contributed by atoms with van der Waals surface area (Å²) in [5, 5.41) is 0. The molecule has 1 atom stereocenters. The number of ether oxygens (including phenoxy) is 1. The smallest absolute Gasteiger partial charge is 0.303 e. The second kappa shape index (κ2) is 4.51. The van der Waals surface area contributed by atoms with E-state index in [1.165, 1.54) is 6.92 Å². The molecule has 1 aromatic rings. The highest BCUT2D eigenvalue weighted by molar-refractivity contribution is 5.66. The molecular weight excluding hydrogens is 204 g/mol. The lowest BCUT2D eigenvalue weighted by atomic mass is 10.1. The van der Waals surface area contributed by atoms with E-state index in [2.05, 4.69) is 4.98 Å². The highest BCUT2D eigenvalue weighted by Gasteiger charge is 2.22. The summed E-state index contributed by atoms with van der Waals surface area (Å²) in [5.74, 6) is -0.253. The molecule has 0 saturated heterocycles. The molecule has 86 valence electrons. The fourth-order valence-electron chi connectivity index (χ4n) is 2.13. The Balaban J connectivity index is 2.32. The minimum absolute atomic E-state index is 0.199. The molecule has 4 heteroatoms. The van der Waals surface area contributed by atoms with Gasteiger partial charge in [0.2, 0.25) is 0 Å². The number of anilines is 1. The van der Waals surface area contributed by atoms with Gasteiger partial charge in [-0.15, -0.1) is 0 Å². The standard InChI is InChI=1S/C12H16N2O2/c1-8(15)16-11-5-3-2-4-9-6-10(13)7-14-12(9)11/h6-7,11H,2-5,13H2,1H3. The molecule has 0 aliphatic heterocycles. The molecule has 0 amide bonds. The summed E-state index contributed by atoms with van der Waals surface area (Å²) < 4.78 is 5.30. The predicted octanol–water partition coefficient (Wildman–Crippen LogP) is 1.99. The molecule has 0 radical (unpaired) electrons. The first kappa shape index (κ1) is 10.9. The van der Waals surface area contributed by atoms with Gasteiger partial charge in [-0.25, -0.2) is 0 Å². The number of aryl methyl sites for hydroxylation is 1. The average Bonchev–Trinajstić information content (AvgIpc) is 2.40. The first-order valence-electron chi connectivity index (χ1n) is 5.58. The Labute approximate surface area is 94.8 Å². The lowest BCUT2D eigenvalue weighted by molar-refractivity contribution is -0.147. The van der Waals surface area contributed by atoms with Crippen molar-refractivity contribution in [2.24, 2.45) is 0 Å². The maximum absolute atomic E-state index is 11.0. The van der Waals surface area contributed by atoms with Gasteiger partial charge in [0.05, 0.1) is 17.6 Å². The topological polar surface area (TPSA) is 65.2 Å². The van der Waals surface area contributed by atoms with E-state index in [9.17, 15) is 4.79 Å². The Morgan fingerprint density at radius 3 is 3.12 bits per heavy atom. The normalized spacial score (nSPS) is 19.7. The van der Waals surface area contributed by atoms with Crippen LogP contribution in [0.3, 0.4) is 0 Å². The zero-order valence-electron chi connectivity index (χ0n) is 9.40. The molecule has 1 unspecified atom stereocenters. The maximum atomic E-state index is 11.0. The van der Waals surface area contributed by atoms with Crippen molar-refractivity contribution in [2.75, 3.05) is 5.73 Å². The molecule has 0 bridgehead atoms. The summed E-state index contributed by atoms with van der Waals surface area (Å²) in [5.41, 5.74) is 8.37. The number of rotatable bonds is 1. The molecule has 1 heterocycles. The average molecular weight is 220 g/mol. The number of nitrogens with zero attached hydrogens (tertiary/aromatic N) is 1. The van der Waals surface area contributed by atoms with Crippen LogP contribution >= 0.6 is 0 Å². The number of fused-ring (bicyclic) bond motifs is 1. The van der Waals surface area contributed by atoms with E-state index in [1.54, 1.807) is 6.20 Å². The number of aromatic nitrogens is 1. The zero-order valence-corrected chi connectivity index (χ0v) is 9.40. The van der Waals surface area contributed by atoms with E-state index in [1.807, 2.05) is 6.07 Å². The molecule has 0 fully saturated rings. The van der Waals surface area contributed by atoms with Gasteiger partial charge in [0.1, 0.15) is 6.10 Å². The number of carbonyl (C=O) groups is 1. The first-order chi connectivity index (χ1) is 7.66. The second-order valence-corrected chi connectivity index (χ2v) is 4.16. The minimum Gasteiger partial charge on any atom is -0.456 e. The van der Waals surface area contributed by atoms with Crippen molar-refractivity contribution in [3.8, 4) is 0 Å². The molecule has 1 aliphatic rings. The van der Waals surface area contributed by atoms with Gasteiger partial charge < -0.3 is 10.5 Å². The van der Waals surface area contributed by atoms with Gasteiger partial charge >= 0.3 is 5.97 Å². The van der Waals surface area contributed by atoms with E-state index in [0.29, 0.717) is 5.69 Å². The molecule has 4 nitrogen and oxygen atoms in total. The van der Waals surface area contributed by atoms with Crippen LogP contribution in [0.15, 0.2) is 12.3 Å². The fourth-order valence-corrected chi connectivity index (χ4v) is 2.13. The van der Waals surface area contributed by atoms with Crippen molar-refractivity contribution in [1.82, 2.24) is 4.98 Å². The Bertz CT molecular complexity index is 404. The number of pyridine rings is 1. The minimum atomic E-state index is -0.253. The summed E-state index contributed by atoms with van der Waals surface area (Å²) >= 11 is 0. The van der Waals surface area contributed by atoms with Crippen LogP contribution in [0.4, 0.5) is 5.69 Å². The molecule has 16 heavy (non-hydrogen) atoms. The van der Waals surface area contributed by atoms with E-state index in [0.717, 1.165) is 36.9 Å². The van der Waals surface area contributed by atoms with E-state index >= 15 is 0 Å². The molecule has 0 saturated carbocycles. The lowest BCUT2D eigenvalue weighted by Gasteiger charge is -2.16. The van der Waals surface area contributed by atoms with Crippen LogP contribution in [0.2, 0.25) is 0 Å². The Morgan fingerprint density at radius 1 is 1.56 bits per heavy atom. The van der Waals surface area contributed by atoms with Crippen molar-refractivity contribution in [3.63, 3.8) is 0 Å². The Kier molecular flexibility index (Phi) is 3.08. The summed E-state index contributed by atoms with van der Waals surface area (Å²) in [6.07, 6.45) is 5.38. The molecule has 2 N–H and O–H groups in total. The third kappa shape index (κ3) is 2.32. The van der Waals surface area contributed by atoms with Gasteiger partial charge in [-0.1, -0.05) is 0 Å². The number of hydrogen-bond donors (Lipinski definition) is 1. The second-order valence-electron chi connectivity index (χ2n) is 4.16. The van der Waals surface area contributed by atoms with Crippen molar-refractivity contribution >= 4 is 11.7 Å². The van der Waals surface area contributed by atoms with Crippen LogP contribution in [0.5, 0.6) is 0 Å². The number of nitrogens with two attached hydrogens (primary N) is 1. The number of esters is 1. The third-order valence-electron chi connectivity index (χ3n) is 2.80. The van der Waals surface area contributed by atoms with Crippen LogP contribution in [0.1, 0.15) is 43.5 Å². The zero-order chi connectivity index (χ0) is 11.5. The third-order valence-corrected chi connectivity index (χ3v) is 2.80. The van der Waals surface area contributed by atoms with Gasteiger partial charge in [-0.3, -0.25) is 9.78 Å². The van der Waals surface area contributed by atoms with Crippen molar-refractivity contribution < 1.29 is 9.53 Å². The maximum Gasteiger partial charge on any atom is 0.303 e. The van der Waals surface area contributed by atoms with Gasteiger partial charge in [0.25, 0.3) is 0 Å². The summed E-state index contributed by atoms with van der Waals surface area (Å²) in [6, 6.07) is 1.93. The summed E-state index contributed by atoms with van der Waals surface area (Å²) in [4.78, 5) is 15.3. The number of nitrogen functional groups attached to an aromatic ring is 1. The number of hydrogen-bond acceptors (Lipinski definition) is 4. The van der Waals surface area contributed by atoms with Crippen LogP contribution in [-0.4, -0.2) is 11.0 Å². The lowest BCUT2D eigenvalue weighted by Crippen LogP contribution is -2.11. The van der Waals surface area contributed by atoms with Crippen molar-refractivity contribution in [2.45, 2.75) is 38.7 Å². The van der Waals surface area contributed by atoms with E-state index in [-0.39, 0.29) is 12.1 Å². The first-order valence-corrected chi connectivity index (χ1v) is 5.58. The molecule has 1 aliphatic carbocycles. The highest BCUT2D eigenvalue weighted by Crippen LogP contribution is 2.30. The van der Waals surface area contributed by atoms with Crippen LogP contribution in [0.25, 0.3) is 0 Å². The highest BCUT2D eigenvalue weighted by atomic mass is 16.5. The fraction of sp³-hybridized carbons (Fsp3) is 0.500. The SMILES string of the molecule is CC(=O)OC1CCCCc2cc(N)cnc21. The Morgan fingerprint density at radius 2 is 2.38 bits per heavy atom. The number of carbonyl (C=O) groups excluding carboxylic acids is 1. The van der Waals surface area contributed by atoms with Gasteiger partial charge in [0.15, 0.2) is 0 Å². The van der Waals surface area contributed by atoms with E-state index < -0.39 is 0 Å². The van der Waals surface area contributed by atoms with E-state index in [4.69, 9.17) is 10.5 Å². The molecular formula is C12H16N2O2. The van der Waals surface area contributed by atoms with Crippen LogP contribution in [-0.2, 0) is 16.0 Å². The van der Waals surface area contributed by atoms with Gasteiger partial charge in [-0.05, 0) is 37.3 Å². The quantitative estimate of drug-likeness (QED) is 0.580. The largest absolute Gasteiger partial charge is 0.456 e. The predicted molar refractivity (Wildman–Crippen MR) is 60.7 cm³/mol. The molecule has 2 rings (SSSR count). The Hall–Kier alpha value is -1.58. The summed E-state index contributed by atoms with van der Waals surface area (Å²) in [6.45, 7) is 1.43. The monoisotopic (exact) mass is 220 g/mol. The van der Waals surface area contributed by atoms with Crippen molar-refractivity contribution in [3.05, 3.63) is 23.5 Å². The van der Waals surface area contributed by atoms with Crippen LogP contribution < -0.4 is 5.73 Å². The van der Waals surface area contributed by atoms with Gasteiger partial charge in [0, 0.05) is 6.92 Å². The molecule has 0 spiro atoms. The van der Waals surface area contributed by atoms with Crippen LogP contribution in [0, 0.1) is 0 Å².